The minimum Gasteiger partial charge on any atom is -0.360 e. The first-order chi connectivity index (χ1) is 13.2. The third kappa shape index (κ3) is 4.68. The van der Waals surface area contributed by atoms with Crippen LogP contribution in [0, 0.1) is 0 Å². The van der Waals surface area contributed by atoms with Crippen molar-refractivity contribution in [1.29, 1.82) is 0 Å². The van der Waals surface area contributed by atoms with E-state index < -0.39 is 0 Å². The van der Waals surface area contributed by atoms with E-state index in [0.29, 0.717) is 22.3 Å². The first kappa shape index (κ1) is 18.4. The van der Waals surface area contributed by atoms with Crippen LogP contribution in [0.25, 0.3) is 0 Å². The monoisotopic (exact) mass is 401 g/mol. The second-order valence-corrected chi connectivity index (χ2v) is 8.04. The maximum atomic E-state index is 6.26. The standard InChI is InChI=1S/C20H24ClN5S/c21-17-12-18(26-11-10-14-6-4-5-7-15(14)13-26)24-19(23-17)25-20(27)22-16-8-2-1-3-9-16/h4-7,12,16H,1-3,8-11,13H2,(H2,22,23,24,25,27). The van der Waals surface area contributed by atoms with Gasteiger partial charge in [-0.2, -0.15) is 4.98 Å². The fourth-order valence-corrected chi connectivity index (χ4v) is 4.32. The maximum absolute atomic E-state index is 6.26. The van der Waals surface area contributed by atoms with Crippen LogP contribution < -0.4 is 15.5 Å². The summed E-state index contributed by atoms with van der Waals surface area (Å²) in [6.45, 7) is 1.74. The van der Waals surface area contributed by atoms with Crippen molar-refractivity contribution >= 4 is 40.7 Å². The third-order valence-electron chi connectivity index (χ3n) is 5.30. The summed E-state index contributed by atoms with van der Waals surface area (Å²) in [7, 11) is 0. The van der Waals surface area contributed by atoms with Gasteiger partial charge < -0.3 is 15.5 Å². The van der Waals surface area contributed by atoms with E-state index in [1.807, 2.05) is 6.07 Å². The Kier molecular flexibility index (Phi) is 5.74. The molecule has 2 heterocycles. The lowest BCUT2D eigenvalue weighted by Gasteiger charge is -2.30. The quantitative estimate of drug-likeness (QED) is 0.590. The van der Waals surface area contributed by atoms with Crippen molar-refractivity contribution in [2.45, 2.75) is 51.1 Å². The van der Waals surface area contributed by atoms with Crippen LogP contribution >= 0.6 is 23.8 Å². The predicted molar refractivity (Wildman–Crippen MR) is 114 cm³/mol. The van der Waals surface area contributed by atoms with Crippen LogP contribution in [-0.2, 0) is 13.0 Å². The van der Waals surface area contributed by atoms with Gasteiger partial charge in [0.2, 0.25) is 5.95 Å². The number of nitrogens with one attached hydrogen (secondary N) is 2. The number of thiocarbonyl (C=S) groups is 1. The molecule has 0 unspecified atom stereocenters. The summed E-state index contributed by atoms with van der Waals surface area (Å²) >= 11 is 11.7. The highest BCUT2D eigenvalue weighted by Crippen LogP contribution is 2.25. The normalized spacial score (nSPS) is 17.3. The summed E-state index contributed by atoms with van der Waals surface area (Å²) in [5.41, 5.74) is 2.74. The lowest BCUT2D eigenvalue weighted by Crippen LogP contribution is -2.39. The molecule has 5 nitrogen and oxygen atoms in total. The first-order valence-electron chi connectivity index (χ1n) is 9.61. The molecule has 7 heteroatoms. The molecular weight excluding hydrogens is 378 g/mol. The minimum absolute atomic E-state index is 0.418. The molecule has 142 valence electrons. The number of hydrogen-bond acceptors (Lipinski definition) is 4. The number of fused-ring (bicyclic) bond motifs is 1. The Hall–Kier alpha value is -1.92. The molecule has 0 spiro atoms. The van der Waals surface area contributed by atoms with Crippen LogP contribution in [-0.4, -0.2) is 27.7 Å². The van der Waals surface area contributed by atoms with Gasteiger partial charge in [-0.25, -0.2) is 4.98 Å². The zero-order valence-corrected chi connectivity index (χ0v) is 16.8. The van der Waals surface area contributed by atoms with Crippen molar-refractivity contribution in [3.05, 3.63) is 46.6 Å². The van der Waals surface area contributed by atoms with Crippen LogP contribution in [0.1, 0.15) is 43.2 Å². The summed E-state index contributed by atoms with van der Waals surface area (Å²) < 4.78 is 0. The Morgan fingerprint density at radius 3 is 2.70 bits per heavy atom. The molecule has 2 N–H and O–H groups in total. The number of nitrogens with zero attached hydrogens (tertiary/aromatic N) is 3. The second-order valence-electron chi connectivity index (χ2n) is 7.25. The Morgan fingerprint density at radius 1 is 1.11 bits per heavy atom. The van der Waals surface area contributed by atoms with E-state index in [1.54, 1.807) is 0 Å². The zero-order valence-electron chi connectivity index (χ0n) is 15.2. The number of rotatable bonds is 3. The summed E-state index contributed by atoms with van der Waals surface area (Å²) in [5, 5.41) is 7.49. The smallest absolute Gasteiger partial charge is 0.232 e. The number of benzene rings is 1. The Labute approximate surface area is 170 Å². The van der Waals surface area contributed by atoms with Crippen molar-refractivity contribution < 1.29 is 0 Å². The van der Waals surface area contributed by atoms with Gasteiger partial charge in [0, 0.05) is 25.2 Å². The van der Waals surface area contributed by atoms with Gasteiger partial charge in [-0.3, -0.25) is 0 Å². The van der Waals surface area contributed by atoms with Gasteiger partial charge in [-0.15, -0.1) is 0 Å². The number of anilines is 2. The highest BCUT2D eigenvalue weighted by Gasteiger charge is 2.19. The molecule has 2 aromatic rings. The van der Waals surface area contributed by atoms with Crippen LogP contribution in [0.3, 0.4) is 0 Å². The molecule has 0 saturated heterocycles. The molecular formula is C20H24ClN5S. The minimum atomic E-state index is 0.418. The molecule has 0 bridgehead atoms. The third-order valence-corrected chi connectivity index (χ3v) is 5.72. The van der Waals surface area contributed by atoms with Gasteiger partial charge in [0.1, 0.15) is 11.0 Å². The average Bonchev–Trinajstić information content (AvgIpc) is 2.68. The molecule has 1 fully saturated rings. The summed E-state index contributed by atoms with van der Waals surface area (Å²) in [6.07, 6.45) is 7.16. The Morgan fingerprint density at radius 2 is 1.89 bits per heavy atom. The molecule has 2 aliphatic rings. The van der Waals surface area contributed by atoms with Crippen molar-refractivity contribution in [3.8, 4) is 0 Å². The summed E-state index contributed by atoms with van der Waals surface area (Å²) in [4.78, 5) is 11.2. The topological polar surface area (TPSA) is 53.1 Å². The van der Waals surface area contributed by atoms with Gasteiger partial charge in [-0.1, -0.05) is 55.1 Å². The molecule has 1 aliphatic heterocycles. The van der Waals surface area contributed by atoms with Gasteiger partial charge >= 0.3 is 0 Å². The van der Waals surface area contributed by atoms with E-state index in [1.165, 1.54) is 30.4 Å². The van der Waals surface area contributed by atoms with Gasteiger partial charge in [-0.05, 0) is 42.6 Å². The number of halogens is 1. The highest BCUT2D eigenvalue weighted by molar-refractivity contribution is 7.80. The molecule has 27 heavy (non-hydrogen) atoms. The summed E-state index contributed by atoms with van der Waals surface area (Å²) in [6, 6.07) is 10.8. The molecule has 0 amide bonds. The van der Waals surface area contributed by atoms with E-state index in [9.17, 15) is 0 Å². The molecule has 1 aliphatic carbocycles. The van der Waals surface area contributed by atoms with Crippen molar-refractivity contribution in [2.75, 3.05) is 16.8 Å². The summed E-state index contributed by atoms with van der Waals surface area (Å²) in [5.74, 6) is 1.28. The zero-order chi connectivity index (χ0) is 18.6. The van der Waals surface area contributed by atoms with E-state index in [4.69, 9.17) is 23.8 Å². The van der Waals surface area contributed by atoms with Gasteiger partial charge in [0.15, 0.2) is 5.11 Å². The van der Waals surface area contributed by atoms with Crippen LogP contribution in [0.5, 0.6) is 0 Å². The van der Waals surface area contributed by atoms with E-state index in [0.717, 1.165) is 38.2 Å². The highest BCUT2D eigenvalue weighted by atomic mass is 35.5. The van der Waals surface area contributed by atoms with E-state index in [2.05, 4.69) is 49.8 Å². The average molecular weight is 402 g/mol. The van der Waals surface area contributed by atoms with Crippen LogP contribution in [0.4, 0.5) is 11.8 Å². The van der Waals surface area contributed by atoms with Crippen molar-refractivity contribution in [3.63, 3.8) is 0 Å². The Balaban J connectivity index is 1.44. The molecule has 0 atom stereocenters. The number of hydrogen-bond donors (Lipinski definition) is 2. The van der Waals surface area contributed by atoms with E-state index in [-0.39, 0.29) is 0 Å². The molecule has 1 aromatic carbocycles. The first-order valence-corrected chi connectivity index (χ1v) is 10.4. The fourth-order valence-electron chi connectivity index (χ4n) is 3.88. The SMILES string of the molecule is S=C(Nc1nc(Cl)cc(N2CCc3ccccc3C2)n1)NC1CCCCC1. The Bertz CT molecular complexity index is 822. The maximum Gasteiger partial charge on any atom is 0.232 e. The largest absolute Gasteiger partial charge is 0.360 e. The fraction of sp³-hybridized carbons (Fsp3) is 0.450. The van der Waals surface area contributed by atoms with Crippen LogP contribution in [0.15, 0.2) is 30.3 Å². The van der Waals surface area contributed by atoms with Crippen molar-refractivity contribution in [2.24, 2.45) is 0 Å². The van der Waals surface area contributed by atoms with Gasteiger partial charge in [0.05, 0.1) is 0 Å². The second kappa shape index (κ2) is 8.40. The van der Waals surface area contributed by atoms with Crippen molar-refractivity contribution in [1.82, 2.24) is 15.3 Å². The predicted octanol–water partition coefficient (Wildman–Crippen LogP) is 4.31. The van der Waals surface area contributed by atoms with Gasteiger partial charge in [0.25, 0.3) is 0 Å². The molecule has 1 saturated carbocycles. The number of aromatic nitrogens is 2. The lowest BCUT2D eigenvalue weighted by molar-refractivity contribution is 0.414. The van der Waals surface area contributed by atoms with E-state index >= 15 is 0 Å². The molecule has 4 rings (SSSR count). The molecule has 1 aromatic heterocycles. The lowest BCUT2D eigenvalue weighted by atomic mass is 9.96. The molecule has 0 radical (unpaired) electrons. The van der Waals surface area contributed by atoms with Crippen LogP contribution in [0.2, 0.25) is 5.15 Å².